The van der Waals surface area contributed by atoms with Crippen LogP contribution in [0.1, 0.15) is 32.9 Å². The Morgan fingerprint density at radius 3 is 2.43 bits per heavy atom. The summed E-state index contributed by atoms with van der Waals surface area (Å²) in [4.78, 5) is 16.7. The largest absolute Gasteiger partial charge is 0.443 e. The molecule has 1 aromatic carbocycles. The van der Waals surface area contributed by atoms with Crippen molar-refractivity contribution in [3.05, 3.63) is 42.1 Å². The topological polar surface area (TPSA) is 46.9 Å². The van der Waals surface area contributed by atoms with Crippen LogP contribution >= 0.6 is 0 Å². The van der Waals surface area contributed by atoms with Gasteiger partial charge in [0.2, 0.25) is 0 Å². The van der Waals surface area contributed by atoms with E-state index in [9.17, 15) is 4.79 Å². The molecule has 0 saturated carbocycles. The third kappa shape index (κ3) is 5.64. The van der Waals surface area contributed by atoms with Gasteiger partial charge in [0.05, 0.1) is 24.6 Å². The van der Waals surface area contributed by atoms with Crippen molar-refractivity contribution in [1.82, 2.24) is 9.47 Å². The van der Waals surface area contributed by atoms with Gasteiger partial charge in [0.25, 0.3) is 0 Å². The molecular weight excluding hydrogens is 378 g/mol. The average molecular weight is 414 g/mol. The molecule has 6 nitrogen and oxygen atoms in total. The number of hydrogen-bond acceptors (Lipinski definition) is 4. The number of hydrogen-bond donors (Lipinski definition) is 0. The van der Waals surface area contributed by atoms with Gasteiger partial charge in [-0.15, -0.1) is 0 Å². The Balaban J connectivity index is 1.83. The number of aromatic nitrogens is 1. The van der Waals surface area contributed by atoms with Crippen molar-refractivity contribution in [3.8, 4) is 11.3 Å². The molecule has 2 heterocycles. The van der Waals surface area contributed by atoms with Gasteiger partial charge in [0.1, 0.15) is 5.60 Å². The summed E-state index contributed by atoms with van der Waals surface area (Å²) >= 11 is 0. The van der Waals surface area contributed by atoms with E-state index in [1.165, 1.54) is 0 Å². The standard InChI is InChI=1S/C24H35N3O3/c1-19-21(25(5)23(28)30-24(2,3)4)18-22(20-10-7-6-8-11-20)27(19)13-9-12-26-14-16-29-17-15-26/h6-8,10-11,18H,9,12-17H2,1-5H3. The van der Waals surface area contributed by atoms with E-state index in [4.69, 9.17) is 9.47 Å². The molecule has 0 radical (unpaired) electrons. The van der Waals surface area contributed by atoms with Crippen LogP contribution in [0.3, 0.4) is 0 Å². The molecule has 0 unspecified atom stereocenters. The lowest BCUT2D eigenvalue weighted by Gasteiger charge is -2.27. The summed E-state index contributed by atoms with van der Waals surface area (Å²) in [5.74, 6) is 0. The summed E-state index contributed by atoms with van der Waals surface area (Å²) in [6, 6.07) is 12.5. The van der Waals surface area contributed by atoms with E-state index >= 15 is 0 Å². The summed E-state index contributed by atoms with van der Waals surface area (Å²) in [7, 11) is 1.78. The number of carbonyl (C=O) groups excluding carboxylic acids is 1. The summed E-state index contributed by atoms with van der Waals surface area (Å²) in [6.45, 7) is 13.3. The number of anilines is 1. The number of carbonyl (C=O) groups is 1. The first-order valence-electron chi connectivity index (χ1n) is 10.8. The predicted octanol–water partition coefficient (Wildman–Crippen LogP) is 4.56. The zero-order valence-electron chi connectivity index (χ0n) is 19.0. The number of benzene rings is 1. The molecule has 0 bridgehead atoms. The molecule has 0 spiro atoms. The third-order valence-electron chi connectivity index (χ3n) is 5.40. The highest BCUT2D eigenvalue weighted by atomic mass is 16.6. The van der Waals surface area contributed by atoms with Gasteiger partial charge >= 0.3 is 6.09 Å². The second-order valence-corrected chi connectivity index (χ2v) is 8.86. The second kappa shape index (κ2) is 9.67. The predicted molar refractivity (Wildman–Crippen MR) is 121 cm³/mol. The smallest absolute Gasteiger partial charge is 0.414 e. The Morgan fingerprint density at radius 2 is 1.80 bits per heavy atom. The molecule has 0 atom stereocenters. The lowest BCUT2D eigenvalue weighted by molar-refractivity contribution is 0.0369. The molecule has 0 N–H and O–H groups in total. The van der Waals surface area contributed by atoms with Gasteiger partial charge in [-0.05, 0) is 45.7 Å². The molecular formula is C24H35N3O3. The first kappa shape index (κ1) is 22.4. The fourth-order valence-corrected chi connectivity index (χ4v) is 3.81. The van der Waals surface area contributed by atoms with Crippen molar-refractivity contribution in [1.29, 1.82) is 0 Å². The molecule has 1 aliphatic heterocycles. The zero-order chi connectivity index (χ0) is 21.7. The first-order chi connectivity index (χ1) is 14.3. The quantitative estimate of drug-likeness (QED) is 0.697. The van der Waals surface area contributed by atoms with Crippen molar-refractivity contribution >= 4 is 11.8 Å². The van der Waals surface area contributed by atoms with Gasteiger partial charge < -0.3 is 14.0 Å². The van der Waals surface area contributed by atoms with Crippen molar-refractivity contribution in [2.45, 2.75) is 46.3 Å². The molecule has 2 aromatic rings. The van der Waals surface area contributed by atoms with Crippen LogP contribution in [0.4, 0.5) is 10.5 Å². The Hall–Kier alpha value is -2.31. The maximum Gasteiger partial charge on any atom is 0.414 e. The highest BCUT2D eigenvalue weighted by Crippen LogP contribution is 2.32. The van der Waals surface area contributed by atoms with Gasteiger partial charge in [-0.25, -0.2) is 4.79 Å². The van der Waals surface area contributed by atoms with E-state index in [0.29, 0.717) is 0 Å². The fourth-order valence-electron chi connectivity index (χ4n) is 3.81. The second-order valence-electron chi connectivity index (χ2n) is 8.86. The van der Waals surface area contributed by atoms with Crippen molar-refractivity contribution in [2.24, 2.45) is 0 Å². The van der Waals surface area contributed by atoms with E-state index in [1.54, 1.807) is 11.9 Å². The van der Waals surface area contributed by atoms with E-state index < -0.39 is 5.60 Å². The molecule has 6 heteroatoms. The zero-order valence-corrected chi connectivity index (χ0v) is 19.0. The van der Waals surface area contributed by atoms with E-state index in [-0.39, 0.29) is 6.09 Å². The monoisotopic (exact) mass is 413 g/mol. The minimum absolute atomic E-state index is 0.337. The maximum absolute atomic E-state index is 12.7. The summed E-state index contributed by atoms with van der Waals surface area (Å²) in [6.07, 6.45) is 0.709. The number of nitrogens with zero attached hydrogens (tertiary/aromatic N) is 3. The van der Waals surface area contributed by atoms with Gasteiger partial charge in [-0.1, -0.05) is 30.3 Å². The van der Waals surface area contributed by atoms with Gasteiger partial charge in [0, 0.05) is 38.9 Å². The highest BCUT2D eigenvalue weighted by molar-refractivity contribution is 5.89. The minimum Gasteiger partial charge on any atom is -0.443 e. The van der Waals surface area contributed by atoms with Crippen LogP contribution < -0.4 is 4.90 Å². The summed E-state index contributed by atoms with van der Waals surface area (Å²) in [5, 5.41) is 0. The van der Waals surface area contributed by atoms with Gasteiger partial charge in [0.15, 0.2) is 0 Å². The number of ether oxygens (including phenoxy) is 2. The van der Waals surface area contributed by atoms with E-state index in [1.807, 2.05) is 39.0 Å². The lowest BCUT2D eigenvalue weighted by Crippen LogP contribution is -2.37. The molecule has 1 amide bonds. The number of rotatable bonds is 6. The van der Waals surface area contributed by atoms with E-state index in [2.05, 4.69) is 34.6 Å². The molecule has 30 heavy (non-hydrogen) atoms. The molecule has 0 aliphatic carbocycles. The molecule has 3 rings (SSSR count). The normalized spacial score (nSPS) is 15.2. The maximum atomic E-state index is 12.7. The molecule has 1 aromatic heterocycles. The average Bonchev–Trinajstić information content (AvgIpc) is 3.04. The summed E-state index contributed by atoms with van der Waals surface area (Å²) < 4.78 is 13.4. The van der Waals surface area contributed by atoms with Crippen LogP contribution in [-0.4, -0.2) is 61.1 Å². The first-order valence-corrected chi connectivity index (χ1v) is 10.8. The van der Waals surface area contributed by atoms with Gasteiger partial charge in [-0.2, -0.15) is 0 Å². The molecule has 1 aliphatic rings. The molecule has 1 saturated heterocycles. The molecule has 164 valence electrons. The molecule has 1 fully saturated rings. The Labute approximate surface area is 180 Å². The van der Waals surface area contributed by atoms with E-state index in [0.717, 1.165) is 68.5 Å². The summed E-state index contributed by atoms with van der Waals surface area (Å²) in [5.41, 5.74) is 3.71. The fraction of sp³-hybridized carbons (Fsp3) is 0.542. The Morgan fingerprint density at radius 1 is 1.13 bits per heavy atom. The van der Waals surface area contributed by atoms with Crippen LogP contribution in [0.15, 0.2) is 36.4 Å². The van der Waals surface area contributed by atoms with Gasteiger partial charge in [-0.3, -0.25) is 9.80 Å². The van der Waals surface area contributed by atoms with Crippen molar-refractivity contribution in [3.63, 3.8) is 0 Å². The Bertz CT molecular complexity index is 833. The van der Waals surface area contributed by atoms with Crippen LogP contribution in [-0.2, 0) is 16.0 Å². The SMILES string of the molecule is Cc1c(N(C)C(=O)OC(C)(C)C)cc(-c2ccccc2)n1CCCN1CCOCC1. The van der Waals surface area contributed by atoms with Crippen molar-refractivity contribution < 1.29 is 14.3 Å². The Kier molecular flexibility index (Phi) is 7.21. The van der Waals surface area contributed by atoms with Crippen LogP contribution in [0.5, 0.6) is 0 Å². The van der Waals surface area contributed by atoms with Crippen LogP contribution in [0, 0.1) is 6.92 Å². The lowest BCUT2D eigenvalue weighted by atomic mass is 10.1. The van der Waals surface area contributed by atoms with Crippen molar-refractivity contribution in [2.75, 3.05) is 44.8 Å². The van der Waals surface area contributed by atoms with Crippen LogP contribution in [0.2, 0.25) is 0 Å². The third-order valence-corrected chi connectivity index (χ3v) is 5.40. The minimum atomic E-state index is -0.526. The van der Waals surface area contributed by atoms with Crippen LogP contribution in [0.25, 0.3) is 11.3 Å². The highest BCUT2D eigenvalue weighted by Gasteiger charge is 2.24. The number of amides is 1. The number of morpholine rings is 1.